The summed E-state index contributed by atoms with van der Waals surface area (Å²) in [6.45, 7) is 0. The van der Waals surface area contributed by atoms with Crippen LogP contribution in [-0.4, -0.2) is 15.9 Å². The van der Waals surface area contributed by atoms with Crippen molar-refractivity contribution < 1.29 is 4.79 Å². The number of thiophene rings is 1. The average molecular weight is 294 g/mol. The van der Waals surface area contributed by atoms with Crippen LogP contribution in [0.1, 0.15) is 33.0 Å². The molecule has 3 rings (SSSR count). The molecule has 2 heterocycles. The lowest BCUT2D eigenvalue weighted by Gasteiger charge is -2.08. The number of nitrogens with one attached hydrogen (secondary N) is 1. The van der Waals surface area contributed by atoms with Crippen molar-refractivity contribution in [3.05, 3.63) is 38.9 Å². The van der Waals surface area contributed by atoms with Crippen LogP contribution < -0.4 is 5.32 Å². The van der Waals surface area contributed by atoms with Crippen LogP contribution in [0.15, 0.2) is 18.5 Å². The summed E-state index contributed by atoms with van der Waals surface area (Å²) < 4.78 is 0. The second-order valence-electron chi connectivity index (χ2n) is 4.42. The van der Waals surface area contributed by atoms with Gasteiger partial charge in [-0.1, -0.05) is 11.6 Å². The number of nitrogens with zero attached hydrogens (tertiary/aromatic N) is 2. The van der Waals surface area contributed by atoms with Gasteiger partial charge in [0.05, 0.1) is 4.88 Å². The molecule has 2 aromatic rings. The van der Waals surface area contributed by atoms with Crippen molar-refractivity contribution in [1.29, 1.82) is 0 Å². The summed E-state index contributed by atoms with van der Waals surface area (Å²) >= 11 is 7.44. The third-order valence-corrected chi connectivity index (χ3v) is 4.62. The van der Waals surface area contributed by atoms with Crippen LogP contribution >= 0.6 is 22.9 Å². The topological polar surface area (TPSA) is 54.9 Å². The van der Waals surface area contributed by atoms with Gasteiger partial charge in [-0.15, -0.1) is 11.3 Å². The van der Waals surface area contributed by atoms with Crippen LogP contribution in [0.25, 0.3) is 0 Å². The van der Waals surface area contributed by atoms with Gasteiger partial charge in [0.25, 0.3) is 5.91 Å². The van der Waals surface area contributed by atoms with Crippen LogP contribution in [-0.2, 0) is 12.8 Å². The number of hydrogen-bond acceptors (Lipinski definition) is 4. The monoisotopic (exact) mass is 293 g/mol. The van der Waals surface area contributed by atoms with Crippen molar-refractivity contribution in [3.8, 4) is 0 Å². The largest absolute Gasteiger partial charge is 0.303 e. The highest BCUT2D eigenvalue weighted by Crippen LogP contribution is 2.30. The molecule has 0 unspecified atom stereocenters. The highest BCUT2D eigenvalue weighted by atomic mass is 35.5. The molecule has 0 fully saturated rings. The van der Waals surface area contributed by atoms with Crippen molar-refractivity contribution >= 4 is 34.7 Å². The number of amides is 1. The molecule has 1 aliphatic carbocycles. The van der Waals surface area contributed by atoms with Crippen molar-refractivity contribution in [2.45, 2.75) is 25.7 Å². The van der Waals surface area contributed by atoms with E-state index in [0.29, 0.717) is 10.7 Å². The highest BCUT2D eigenvalue weighted by Gasteiger charge is 2.18. The second kappa shape index (κ2) is 5.27. The van der Waals surface area contributed by atoms with Crippen molar-refractivity contribution in [1.82, 2.24) is 9.97 Å². The summed E-state index contributed by atoms with van der Waals surface area (Å²) in [5.74, 6) is 0.141. The van der Waals surface area contributed by atoms with E-state index < -0.39 is 0 Å². The van der Waals surface area contributed by atoms with Gasteiger partial charge in [0.15, 0.2) is 11.0 Å². The van der Waals surface area contributed by atoms with Gasteiger partial charge in [0.1, 0.15) is 0 Å². The second-order valence-corrected chi connectivity index (χ2v) is 5.91. The van der Waals surface area contributed by atoms with Crippen molar-refractivity contribution in [3.63, 3.8) is 0 Å². The Bertz CT molecular complexity index is 603. The zero-order chi connectivity index (χ0) is 13.2. The van der Waals surface area contributed by atoms with Gasteiger partial charge >= 0.3 is 0 Å². The molecule has 19 heavy (non-hydrogen) atoms. The molecular weight excluding hydrogens is 282 g/mol. The first kappa shape index (κ1) is 12.6. The Morgan fingerprint density at radius 3 is 2.84 bits per heavy atom. The Morgan fingerprint density at radius 2 is 2.05 bits per heavy atom. The van der Waals surface area contributed by atoms with E-state index in [1.165, 1.54) is 35.7 Å². The smallest absolute Gasteiger partial charge is 0.266 e. The van der Waals surface area contributed by atoms with E-state index in [1.54, 1.807) is 11.3 Å². The van der Waals surface area contributed by atoms with Crippen molar-refractivity contribution in [2.24, 2.45) is 0 Å². The molecule has 1 amide bonds. The normalized spacial score (nSPS) is 13.9. The standard InChI is InChI=1S/C13H12ClN3OS/c14-11-12(16-6-5-15-11)17-13(18)10-7-8-3-1-2-4-9(8)19-10/h5-7H,1-4H2,(H,16,17,18). The SMILES string of the molecule is O=C(Nc1nccnc1Cl)c1cc2c(s1)CCCC2. The van der Waals surface area contributed by atoms with Gasteiger partial charge in [-0.05, 0) is 37.3 Å². The molecule has 0 radical (unpaired) electrons. The Labute approximate surface area is 119 Å². The highest BCUT2D eigenvalue weighted by molar-refractivity contribution is 7.14. The van der Waals surface area contributed by atoms with Crippen LogP contribution in [0.5, 0.6) is 0 Å². The maximum Gasteiger partial charge on any atom is 0.266 e. The lowest BCUT2D eigenvalue weighted by atomic mass is 9.99. The molecule has 6 heteroatoms. The number of hydrogen-bond donors (Lipinski definition) is 1. The number of halogens is 1. The van der Waals surface area contributed by atoms with Crippen LogP contribution in [0, 0.1) is 0 Å². The van der Waals surface area contributed by atoms with Gasteiger partial charge in [-0.3, -0.25) is 4.79 Å². The zero-order valence-corrected chi connectivity index (χ0v) is 11.7. The molecule has 4 nitrogen and oxygen atoms in total. The minimum absolute atomic E-state index is 0.165. The Hall–Kier alpha value is -1.46. The van der Waals surface area contributed by atoms with Crippen LogP contribution in [0.2, 0.25) is 5.15 Å². The van der Waals surface area contributed by atoms with Gasteiger partial charge in [0.2, 0.25) is 0 Å². The fourth-order valence-electron chi connectivity index (χ4n) is 2.18. The molecule has 0 aromatic carbocycles. The molecule has 0 saturated carbocycles. The van der Waals surface area contributed by atoms with E-state index >= 15 is 0 Å². The lowest BCUT2D eigenvalue weighted by molar-refractivity contribution is 0.103. The van der Waals surface area contributed by atoms with E-state index in [9.17, 15) is 4.79 Å². The molecule has 0 saturated heterocycles. The summed E-state index contributed by atoms with van der Waals surface area (Å²) in [4.78, 5) is 22.1. The average Bonchev–Trinajstić information content (AvgIpc) is 2.85. The Morgan fingerprint density at radius 1 is 1.26 bits per heavy atom. The first-order valence-electron chi connectivity index (χ1n) is 6.13. The fraction of sp³-hybridized carbons (Fsp3) is 0.308. The summed E-state index contributed by atoms with van der Waals surface area (Å²) in [6.07, 6.45) is 7.57. The number of carbonyl (C=O) groups excluding carboxylic acids is 1. The summed E-state index contributed by atoms with van der Waals surface area (Å²) in [5, 5.41) is 2.91. The minimum Gasteiger partial charge on any atom is -0.303 e. The molecule has 1 aliphatic rings. The first-order valence-corrected chi connectivity index (χ1v) is 7.33. The Kier molecular flexibility index (Phi) is 3.48. The molecule has 98 valence electrons. The third kappa shape index (κ3) is 2.62. The molecule has 0 spiro atoms. The zero-order valence-electron chi connectivity index (χ0n) is 10.1. The fourth-order valence-corrected chi connectivity index (χ4v) is 3.48. The molecule has 1 N–H and O–H groups in total. The van der Waals surface area contributed by atoms with E-state index in [-0.39, 0.29) is 11.1 Å². The number of rotatable bonds is 2. The molecule has 0 atom stereocenters. The van der Waals surface area contributed by atoms with E-state index in [1.807, 2.05) is 6.07 Å². The van der Waals surface area contributed by atoms with E-state index in [0.717, 1.165) is 12.8 Å². The van der Waals surface area contributed by atoms with E-state index in [2.05, 4.69) is 15.3 Å². The maximum absolute atomic E-state index is 12.2. The van der Waals surface area contributed by atoms with Gasteiger partial charge < -0.3 is 5.32 Å². The van der Waals surface area contributed by atoms with E-state index in [4.69, 9.17) is 11.6 Å². The quantitative estimate of drug-likeness (QED) is 0.924. The molecule has 0 bridgehead atoms. The minimum atomic E-state index is -0.165. The number of aromatic nitrogens is 2. The van der Waals surface area contributed by atoms with Crippen molar-refractivity contribution in [2.75, 3.05) is 5.32 Å². The lowest BCUT2D eigenvalue weighted by Crippen LogP contribution is -2.12. The number of anilines is 1. The van der Waals surface area contributed by atoms with Crippen LogP contribution in [0.4, 0.5) is 5.82 Å². The predicted molar refractivity (Wildman–Crippen MR) is 76.0 cm³/mol. The third-order valence-electron chi connectivity index (χ3n) is 3.11. The predicted octanol–water partition coefficient (Wildman–Crippen LogP) is 3.32. The summed E-state index contributed by atoms with van der Waals surface area (Å²) in [6, 6.07) is 1.98. The first-order chi connectivity index (χ1) is 9.24. The molecular formula is C13H12ClN3OS. The molecule has 0 aliphatic heterocycles. The van der Waals surface area contributed by atoms with Crippen LogP contribution in [0.3, 0.4) is 0 Å². The maximum atomic E-state index is 12.2. The van der Waals surface area contributed by atoms with Gasteiger partial charge in [-0.2, -0.15) is 0 Å². The molecule has 2 aromatic heterocycles. The summed E-state index contributed by atoms with van der Waals surface area (Å²) in [5.41, 5.74) is 1.31. The van der Waals surface area contributed by atoms with Gasteiger partial charge in [-0.25, -0.2) is 9.97 Å². The Balaban J connectivity index is 1.81. The number of carbonyl (C=O) groups is 1. The van der Waals surface area contributed by atoms with Gasteiger partial charge in [0, 0.05) is 17.3 Å². The summed E-state index contributed by atoms with van der Waals surface area (Å²) in [7, 11) is 0. The number of aryl methyl sites for hydroxylation is 2. The number of fused-ring (bicyclic) bond motifs is 1.